The Morgan fingerprint density at radius 3 is 2.40 bits per heavy atom. The topological polar surface area (TPSA) is 134 Å². The summed E-state index contributed by atoms with van der Waals surface area (Å²) in [4.78, 5) is 36.4. The molecule has 2 aliphatic heterocycles. The highest BCUT2D eigenvalue weighted by Crippen LogP contribution is 2.51. The van der Waals surface area contributed by atoms with Crippen LogP contribution in [-0.2, 0) is 20.4 Å². The molecule has 0 saturated heterocycles. The van der Waals surface area contributed by atoms with Gasteiger partial charge in [0.25, 0.3) is 0 Å². The summed E-state index contributed by atoms with van der Waals surface area (Å²) in [5.74, 6) is -1.82. The molecule has 0 aliphatic carbocycles. The van der Waals surface area contributed by atoms with E-state index in [2.05, 4.69) is 42.1 Å². The molecule has 5 rings (SSSR count). The maximum Gasteiger partial charge on any atom is 0.309 e. The Bertz CT molecular complexity index is 1910. The van der Waals surface area contributed by atoms with Crippen molar-refractivity contribution < 1.29 is 24.4 Å². The second-order valence-electron chi connectivity index (χ2n) is 12.3. The van der Waals surface area contributed by atoms with Gasteiger partial charge in [0.05, 0.1) is 29.2 Å². The van der Waals surface area contributed by atoms with Gasteiger partial charge >= 0.3 is 11.9 Å². The molecule has 3 aromatic rings. The number of nitroso groups, excluding NO2 is 1. The molecule has 0 amide bonds. The van der Waals surface area contributed by atoms with Crippen LogP contribution in [0, 0.1) is 16.2 Å². The van der Waals surface area contributed by atoms with Gasteiger partial charge in [-0.1, -0.05) is 50.2 Å². The number of carboxylic acid groups (broad SMARTS) is 2. The normalized spacial score (nSPS) is 17.5. The lowest BCUT2D eigenvalue weighted by Gasteiger charge is -2.26. The highest BCUT2D eigenvalue weighted by Gasteiger charge is 2.45. The number of aliphatic carboxylic acids is 2. The second-order valence-corrected chi connectivity index (χ2v) is 12.3. The third kappa shape index (κ3) is 5.67. The number of hydrogen-bond donors (Lipinski definition) is 2. The summed E-state index contributed by atoms with van der Waals surface area (Å²) < 4.78 is 1.91. The van der Waals surface area contributed by atoms with Crippen LogP contribution in [0.1, 0.15) is 51.7 Å². The van der Waals surface area contributed by atoms with Crippen LogP contribution in [0.4, 0.5) is 17.1 Å². The Labute approximate surface area is 261 Å². The van der Waals surface area contributed by atoms with Crippen LogP contribution >= 0.6 is 0 Å². The molecule has 2 N–H and O–H groups in total. The largest absolute Gasteiger partial charge is 0.481 e. The fourth-order valence-electron chi connectivity index (χ4n) is 6.52. The van der Waals surface area contributed by atoms with Gasteiger partial charge in [-0.15, -0.1) is 4.91 Å². The first kappa shape index (κ1) is 31.1. The molecular weight excluding hydrogens is 568 g/mol. The first-order valence-corrected chi connectivity index (χ1v) is 14.8. The third-order valence-corrected chi connectivity index (χ3v) is 8.83. The van der Waals surface area contributed by atoms with Gasteiger partial charge in [0, 0.05) is 40.7 Å². The molecule has 0 aromatic heterocycles. The van der Waals surface area contributed by atoms with Crippen molar-refractivity contribution in [3.8, 4) is 6.07 Å². The maximum atomic E-state index is 11.6. The van der Waals surface area contributed by atoms with Gasteiger partial charge in [-0.05, 0) is 60.3 Å². The Balaban J connectivity index is 1.57. The minimum Gasteiger partial charge on any atom is -0.481 e. The van der Waals surface area contributed by atoms with E-state index in [1.807, 2.05) is 54.8 Å². The molecule has 0 radical (unpaired) electrons. The lowest BCUT2D eigenvalue weighted by molar-refractivity contribution is -0.436. The molecule has 0 unspecified atom stereocenters. The molecule has 9 nitrogen and oxygen atoms in total. The minimum atomic E-state index is -0.930. The monoisotopic (exact) mass is 603 g/mol. The van der Waals surface area contributed by atoms with Crippen LogP contribution in [0.15, 0.2) is 95.3 Å². The number of hydrogen-bond acceptors (Lipinski definition) is 6. The van der Waals surface area contributed by atoms with Crippen LogP contribution in [0.2, 0.25) is 0 Å². The van der Waals surface area contributed by atoms with E-state index in [4.69, 9.17) is 0 Å². The van der Waals surface area contributed by atoms with Crippen molar-refractivity contribution in [2.24, 2.45) is 5.18 Å². The minimum absolute atomic E-state index is 0.0493. The SMILES string of the molecule is CC1(C)C(/C=C/C(C#N)=C/C=C2/N(CCC(=O)O)c3c(ccc4ccccc34)C2(C)C)=[N+](CCC(=O)O)c2ccc(N=O)cc21. The zero-order chi connectivity index (χ0) is 32.5. The predicted octanol–water partition coefficient (Wildman–Crippen LogP) is 7.25. The Hall–Kier alpha value is -5.36. The van der Waals surface area contributed by atoms with Crippen molar-refractivity contribution in [3.05, 3.63) is 106 Å². The number of allylic oxidation sites excluding steroid dienone is 6. The molecule has 0 saturated carbocycles. The molecule has 2 aliphatic rings. The molecule has 0 atom stereocenters. The van der Waals surface area contributed by atoms with E-state index in [9.17, 15) is 30.0 Å². The van der Waals surface area contributed by atoms with Crippen molar-refractivity contribution in [2.75, 3.05) is 18.0 Å². The fourth-order valence-corrected chi connectivity index (χ4v) is 6.52. The van der Waals surface area contributed by atoms with Crippen molar-refractivity contribution in [3.63, 3.8) is 0 Å². The summed E-state index contributed by atoms with van der Waals surface area (Å²) in [6.45, 7) is 8.66. The van der Waals surface area contributed by atoms with Crippen molar-refractivity contribution >= 4 is 45.5 Å². The number of nitrogens with zero attached hydrogens (tertiary/aromatic N) is 4. The van der Waals surface area contributed by atoms with Gasteiger partial charge in [-0.2, -0.15) is 9.84 Å². The Morgan fingerprint density at radius 2 is 1.71 bits per heavy atom. The average Bonchev–Trinajstić information content (AvgIpc) is 3.36. The molecule has 0 bridgehead atoms. The van der Waals surface area contributed by atoms with Gasteiger partial charge in [-0.3, -0.25) is 9.59 Å². The van der Waals surface area contributed by atoms with E-state index in [1.165, 1.54) is 0 Å². The Kier molecular flexibility index (Phi) is 8.26. The Morgan fingerprint density at radius 1 is 0.978 bits per heavy atom. The maximum absolute atomic E-state index is 11.6. The molecule has 0 spiro atoms. The highest BCUT2D eigenvalue weighted by atomic mass is 16.4. The summed E-state index contributed by atoms with van der Waals surface area (Å²) in [5.41, 5.74) is 4.99. The van der Waals surface area contributed by atoms with Crippen molar-refractivity contribution in [2.45, 2.75) is 51.4 Å². The van der Waals surface area contributed by atoms with Crippen LogP contribution in [0.3, 0.4) is 0 Å². The highest BCUT2D eigenvalue weighted by molar-refractivity contribution is 6.04. The number of fused-ring (bicyclic) bond motifs is 4. The summed E-state index contributed by atoms with van der Waals surface area (Å²) in [6.07, 6.45) is 7.02. The summed E-state index contributed by atoms with van der Waals surface area (Å²) in [7, 11) is 0. The van der Waals surface area contributed by atoms with E-state index in [-0.39, 0.29) is 31.6 Å². The van der Waals surface area contributed by atoms with Crippen LogP contribution in [0.25, 0.3) is 10.8 Å². The lowest BCUT2D eigenvalue weighted by atomic mass is 9.81. The fraction of sp³-hybridized carbons (Fsp3) is 0.278. The van der Waals surface area contributed by atoms with E-state index in [0.717, 1.165) is 44.7 Å². The first-order chi connectivity index (χ1) is 21.4. The molecular formula is C36H35N4O5+. The first-order valence-electron chi connectivity index (χ1n) is 14.8. The molecule has 0 fully saturated rings. The average molecular weight is 604 g/mol. The summed E-state index contributed by atoms with van der Waals surface area (Å²) >= 11 is 0. The molecule has 45 heavy (non-hydrogen) atoms. The molecule has 228 valence electrons. The van der Waals surface area contributed by atoms with E-state index >= 15 is 0 Å². The number of benzene rings is 3. The van der Waals surface area contributed by atoms with Gasteiger partial charge in [0.2, 0.25) is 5.69 Å². The van der Waals surface area contributed by atoms with E-state index in [1.54, 1.807) is 30.4 Å². The summed E-state index contributed by atoms with van der Waals surface area (Å²) in [6, 6.07) is 19.6. The lowest BCUT2D eigenvalue weighted by Crippen LogP contribution is -2.28. The zero-order valence-electron chi connectivity index (χ0n) is 25.7. The van der Waals surface area contributed by atoms with Crippen LogP contribution in [0.5, 0.6) is 0 Å². The number of rotatable bonds is 10. The smallest absolute Gasteiger partial charge is 0.309 e. The van der Waals surface area contributed by atoms with E-state index < -0.39 is 22.8 Å². The molecule has 9 heteroatoms. The second kappa shape index (κ2) is 12.0. The van der Waals surface area contributed by atoms with Gasteiger partial charge < -0.3 is 15.1 Å². The quantitative estimate of drug-likeness (QED) is 0.108. The zero-order valence-corrected chi connectivity index (χ0v) is 25.7. The number of carboxylic acids is 2. The van der Waals surface area contributed by atoms with Crippen LogP contribution in [-0.4, -0.2) is 45.5 Å². The van der Waals surface area contributed by atoms with Gasteiger partial charge in [0.1, 0.15) is 12.1 Å². The van der Waals surface area contributed by atoms with Crippen molar-refractivity contribution in [1.82, 2.24) is 0 Å². The molecule has 3 aromatic carbocycles. The number of nitriles is 1. The predicted molar refractivity (Wildman–Crippen MR) is 174 cm³/mol. The van der Waals surface area contributed by atoms with E-state index in [0.29, 0.717) is 5.57 Å². The van der Waals surface area contributed by atoms with Gasteiger partial charge in [-0.25, -0.2) is 0 Å². The van der Waals surface area contributed by atoms with Crippen LogP contribution < -0.4 is 4.90 Å². The third-order valence-electron chi connectivity index (χ3n) is 8.83. The molecule has 2 heterocycles. The number of anilines is 1. The number of carbonyl (C=O) groups is 2. The standard InChI is InChI=1S/C36H34N4O5/c1-35(2)27-13-11-24-7-5-6-8-26(24)34(27)40(20-18-33(43)44)31(35)16-10-23(22-37)9-15-30-36(3,4)28-21-25(38-45)12-14-29(28)39(30)19-17-32(41)42/h5-16,21H,17-20H2,1-4H3,(H-,41,42,43,44)/p+1. The van der Waals surface area contributed by atoms with Gasteiger partial charge in [0.15, 0.2) is 12.3 Å². The van der Waals surface area contributed by atoms with Crippen molar-refractivity contribution in [1.29, 1.82) is 5.26 Å². The summed E-state index contributed by atoms with van der Waals surface area (Å²) in [5, 5.41) is 34.2.